The Morgan fingerprint density at radius 3 is 0.312 bits per heavy atom. The Labute approximate surface area is 222 Å². The third kappa shape index (κ3) is 5850. The predicted molar refractivity (Wildman–Crippen MR) is 96.8 cm³/mol. The average Bonchev–Trinajstić information content (AvgIpc) is 2.20. The molecular formula is C14H30O15Ru3. The van der Waals surface area contributed by atoms with E-state index < -0.39 is 41.8 Å². The molecule has 0 aromatic carbocycles. The minimum absolute atomic E-state index is 0. The summed E-state index contributed by atoms with van der Waals surface area (Å²) in [6.07, 6.45) is 0. The maximum Gasteiger partial charge on any atom is 0.300 e. The molecule has 0 amide bonds. The van der Waals surface area contributed by atoms with Crippen LogP contribution in [-0.4, -0.2) is 83.0 Å². The fourth-order valence-electron chi connectivity index (χ4n) is 0. The first-order valence-electron chi connectivity index (χ1n) is 6.49. The van der Waals surface area contributed by atoms with Gasteiger partial charge in [-0.05, 0) is 0 Å². The van der Waals surface area contributed by atoms with E-state index in [1.807, 2.05) is 0 Å². The summed E-state index contributed by atoms with van der Waals surface area (Å²) in [6.45, 7) is 7.58. The molecule has 0 unspecified atom stereocenters. The second-order valence-corrected chi connectivity index (χ2v) is 3.63. The van der Waals surface area contributed by atoms with Crippen LogP contribution >= 0.6 is 0 Å². The summed E-state index contributed by atoms with van der Waals surface area (Å²) in [6, 6.07) is 0. The van der Waals surface area contributed by atoms with Crippen molar-refractivity contribution in [2.75, 3.05) is 0 Å². The minimum Gasteiger partial charge on any atom is -0.481 e. The summed E-state index contributed by atoms with van der Waals surface area (Å²) < 4.78 is 0. The first-order valence-corrected chi connectivity index (χ1v) is 6.49. The number of rotatable bonds is 0. The third-order valence-corrected chi connectivity index (χ3v) is 0. The van der Waals surface area contributed by atoms with Gasteiger partial charge < -0.3 is 41.2 Å². The molecule has 15 nitrogen and oxygen atoms in total. The Balaban J connectivity index is -0.0000000175. The van der Waals surface area contributed by atoms with Crippen molar-refractivity contribution in [2.45, 2.75) is 48.5 Å². The number of carbonyl (C=O) groups is 7. The van der Waals surface area contributed by atoms with Gasteiger partial charge in [-0.3, -0.25) is 33.6 Å². The molecule has 0 aromatic heterocycles. The Bertz CT molecular complexity index is 322. The quantitative estimate of drug-likeness (QED) is 0.158. The second kappa shape index (κ2) is 63.0. The maximum atomic E-state index is 9.00. The van der Waals surface area contributed by atoms with E-state index in [4.69, 9.17) is 69.3 Å². The summed E-state index contributed by atoms with van der Waals surface area (Å²) in [5.74, 6) is -5.83. The van der Waals surface area contributed by atoms with Gasteiger partial charge in [0.15, 0.2) is 0 Å². The molecule has 9 N–H and O–H groups in total. The number of hydrogen-bond acceptors (Lipinski definition) is 7. The van der Waals surface area contributed by atoms with E-state index in [0.29, 0.717) is 0 Å². The van der Waals surface area contributed by atoms with Crippen LogP contribution in [0.4, 0.5) is 0 Å². The number of aliphatic carboxylic acids is 7. The van der Waals surface area contributed by atoms with Crippen LogP contribution in [0.2, 0.25) is 0 Å². The van der Waals surface area contributed by atoms with E-state index in [0.717, 1.165) is 48.5 Å². The molecule has 200 valence electrons. The Morgan fingerprint density at radius 1 is 0.312 bits per heavy atom. The van der Waals surface area contributed by atoms with Gasteiger partial charge in [0, 0.05) is 107 Å². The normalized spacial score (nSPS) is 5.47. The Hall–Kier alpha value is -1.88. The molecule has 18 heteroatoms. The number of hydrogen-bond donors (Lipinski definition) is 7. The molecule has 0 rings (SSSR count). The zero-order valence-electron chi connectivity index (χ0n) is 18.0. The number of carboxylic acid groups (broad SMARTS) is 7. The van der Waals surface area contributed by atoms with Gasteiger partial charge in [0.2, 0.25) is 0 Å². The SMILES string of the molecule is CC(=O)O.CC(=O)O.CC(=O)O.CC(=O)O.CC(=O)O.CC(=O)O.CC(=O)O.O.[Ru].[Ru].[Ru]. The standard InChI is InChI=1S/7C2H4O2.H2O.3Ru/c7*1-2(3)4;;;;/h7*1H3,(H,3,4);1H2;;;. The average molecular weight is 742 g/mol. The molecule has 0 aliphatic heterocycles. The number of carboxylic acids is 7. The van der Waals surface area contributed by atoms with E-state index in [1.54, 1.807) is 0 Å². The van der Waals surface area contributed by atoms with Crippen LogP contribution in [0, 0.1) is 0 Å². The molecule has 0 atom stereocenters. The van der Waals surface area contributed by atoms with Crippen molar-refractivity contribution in [1.82, 2.24) is 0 Å². The molecule has 0 aliphatic rings. The van der Waals surface area contributed by atoms with Gasteiger partial charge in [-0.25, -0.2) is 0 Å². The van der Waals surface area contributed by atoms with Gasteiger partial charge in [0.1, 0.15) is 0 Å². The van der Waals surface area contributed by atoms with E-state index in [2.05, 4.69) is 0 Å². The molecule has 32 heavy (non-hydrogen) atoms. The maximum absolute atomic E-state index is 9.00. The van der Waals surface area contributed by atoms with Crippen molar-refractivity contribution in [3.05, 3.63) is 0 Å². The molecular weight excluding hydrogens is 711 g/mol. The van der Waals surface area contributed by atoms with Crippen molar-refractivity contribution in [1.29, 1.82) is 0 Å². The third-order valence-electron chi connectivity index (χ3n) is 0. The van der Waals surface area contributed by atoms with Gasteiger partial charge in [-0.1, -0.05) is 0 Å². The van der Waals surface area contributed by atoms with Crippen LogP contribution in [0.1, 0.15) is 48.5 Å². The molecule has 0 radical (unpaired) electrons. The van der Waals surface area contributed by atoms with Gasteiger partial charge in [0.05, 0.1) is 0 Å². The summed E-state index contributed by atoms with van der Waals surface area (Å²) >= 11 is 0. The van der Waals surface area contributed by atoms with Crippen LogP contribution < -0.4 is 0 Å². The van der Waals surface area contributed by atoms with Gasteiger partial charge in [-0.2, -0.15) is 0 Å². The van der Waals surface area contributed by atoms with E-state index >= 15 is 0 Å². The fourth-order valence-corrected chi connectivity index (χ4v) is 0. The zero-order valence-corrected chi connectivity index (χ0v) is 23.3. The van der Waals surface area contributed by atoms with Crippen molar-refractivity contribution in [2.24, 2.45) is 0 Å². The smallest absolute Gasteiger partial charge is 0.300 e. The predicted octanol–water partition coefficient (Wildman–Crippen LogP) is -0.196. The van der Waals surface area contributed by atoms with Crippen molar-refractivity contribution >= 4 is 41.8 Å². The largest absolute Gasteiger partial charge is 0.481 e. The molecule has 0 aromatic rings. The molecule has 0 aliphatic carbocycles. The molecule has 0 bridgehead atoms. The molecule has 0 saturated carbocycles. The van der Waals surface area contributed by atoms with Crippen molar-refractivity contribution in [3.8, 4) is 0 Å². The Morgan fingerprint density at radius 2 is 0.312 bits per heavy atom. The fraction of sp³-hybridized carbons (Fsp3) is 0.500. The first-order chi connectivity index (χ1) is 12.1. The van der Waals surface area contributed by atoms with Crippen LogP contribution in [-0.2, 0) is 92.0 Å². The van der Waals surface area contributed by atoms with Crippen molar-refractivity contribution < 1.29 is 133 Å². The summed E-state index contributed by atoms with van der Waals surface area (Å²) in [7, 11) is 0. The van der Waals surface area contributed by atoms with Crippen molar-refractivity contribution in [3.63, 3.8) is 0 Å². The summed E-state index contributed by atoms with van der Waals surface area (Å²) in [5, 5.41) is 51.9. The monoisotopic (exact) mass is 744 g/mol. The van der Waals surface area contributed by atoms with E-state index in [1.165, 1.54) is 0 Å². The molecule has 0 heterocycles. The zero-order chi connectivity index (χ0) is 25.0. The first kappa shape index (κ1) is 69.9. The second-order valence-electron chi connectivity index (χ2n) is 3.63. The summed E-state index contributed by atoms with van der Waals surface area (Å²) in [4.78, 5) is 63.0. The molecule has 0 saturated heterocycles. The topological polar surface area (TPSA) is 293 Å². The molecule has 0 spiro atoms. The Kier molecular flexibility index (Phi) is 138. The molecule has 0 fully saturated rings. The minimum atomic E-state index is -0.833. The summed E-state index contributed by atoms with van der Waals surface area (Å²) in [5.41, 5.74) is 0. The van der Waals surface area contributed by atoms with Gasteiger partial charge in [-0.15, -0.1) is 0 Å². The van der Waals surface area contributed by atoms with Gasteiger partial charge >= 0.3 is 0 Å². The van der Waals surface area contributed by atoms with Gasteiger partial charge in [0.25, 0.3) is 41.8 Å². The van der Waals surface area contributed by atoms with E-state index in [-0.39, 0.29) is 63.9 Å². The van der Waals surface area contributed by atoms with Crippen LogP contribution in [0.15, 0.2) is 0 Å². The van der Waals surface area contributed by atoms with Crippen LogP contribution in [0.5, 0.6) is 0 Å². The van der Waals surface area contributed by atoms with Crippen LogP contribution in [0.25, 0.3) is 0 Å². The van der Waals surface area contributed by atoms with E-state index in [9.17, 15) is 0 Å². The van der Waals surface area contributed by atoms with Crippen LogP contribution in [0.3, 0.4) is 0 Å².